The summed E-state index contributed by atoms with van der Waals surface area (Å²) < 4.78 is 32.3. The van der Waals surface area contributed by atoms with Gasteiger partial charge in [0.05, 0.1) is 24.3 Å². The highest BCUT2D eigenvalue weighted by molar-refractivity contribution is 7.91. The fraction of sp³-hybridized carbons (Fsp3) is 0.500. The van der Waals surface area contributed by atoms with Gasteiger partial charge in [-0.2, -0.15) is 0 Å². The summed E-state index contributed by atoms with van der Waals surface area (Å²) in [5.41, 5.74) is 0. The molecule has 0 aromatic rings. The molecule has 0 aromatic carbocycles. The van der Waals surface area contributed by atoms with Crippen LogP contribution in [0, 0.1) is 0 Å². The van der Waals surface area contributed by atoms with Crippen molar-refractivity contribution in [3.8, 4) is 0 Å². The monoisotopic (exact) mass is 290 g/mol. The van der Waals surface area contributed by atoms with E-state index >= 15 is 0 Å². The molecule has 0 heterocycles. The summed E-state index contributed by atoms with van der Waals surface area (Å²) in [4.78, 5) is 22.2. The summed E-state index contributed by atoms with van der Waals surface area (Å²) in [7, 11) is -3.48. The molecule has 0 amide bonds. The Balaban J connectivity index is 3.98. The molecule has 0 N–H and O–H groups in total. The Hall–Kier alpha value is -1.63. The Kier molecular flexibility index (Phi) is 8.52. The molecule has 7 heteroatoms. The van der Waals surface area contributed by atoms with Crippen molar-refractivity contribution in [1.82, 2.24) is 0 Å². The number of esters is 2. The van der Waals surface area contributed by atoms with Crippen molar-refractivity contribution in [2.24, 2.45) is 0 Å². The second-order valence-corrected chi connectivity index (χ2v) is 5.90. The molecule has 0 aromatic heterocycles. The van der Waals surface area contributed by atoms with E-state index in [-0.39, 0.29) is 37.6 Å². The minimum absolute atomic E-state index is 0.0484. The Morgan fingerprint density at radius 1 is 0.895 bits per heavy atom. The van der Waals surface area contributed by atoms with E-state index < -0.39 is 21.8 Å². The van der Waals surface area contributed by atoms with Crippen LogP contribution in [0.3, 0.4) is 0 Å². The molecule has 0 aliphatic heterocycles. The van der Waals surface area contributed by atoms with Crippen LogP contribution in [0.4, 0.5) is 0 Å². The lowest BCUT2D eigenvalue weighted by Gasteiger charge is -2.04. The molecule has 0 saturated carbocycles. The van der Waals surface area contributed by atoms with Gasteiger partial charge in [0.2, 0.25) is 0 Å². The Morgan fingerprint density at radius 3 is 1.58 bits per heavy atom. The number of hydrogen-bond donors (Lipinski definition) is 0. The van der Waals surface area contributed by atoms with Gasteiger partial charge >= 0.3 is 11.9 Å². The van der Waals surface area contributed by atoms with E-state index in [1.165, 1.54) is 12.2 Å². The number of carbonyl (C=O) groups excluding carboxylic acids is 2. The predicted octanol–water partition coefficient (Wildman–Crippen LogP) is 0.640. The largest absolute Gasteiger partial charge is 0.461 e. The third kappa shape index (κ3) is 10.0. The van der Waals surface area contributed by atoms with Gasteiger partial charge in [0.25, 0.3) is 0 Å². The van der Waals surface area contributed by atoms with Gasteiger partial charge in [0, 0.05) is 0 Å². The molecule has 108 valence electrons. The van der Waals surface area contributed by atoms with Crippen molar-refractivity contribution >= 4 is 21.8 Å². The maximum Gasteiger partial charge on any atom is 0.307 e. The summed E-state index contributed by atoms with van der Waals surface area (Å²) >= 11 is 0. The Morgan fingerprint density at radius 2 is 1.26 bits per heavy atom. The first kappa shape index (κ1) is 17.4. The zero-order valence-electron chi connectivity index (χ0n) is 10.7. The number of carbonyl (C=O) groups is 2. The molecule has 0 atom stereocenters. The lowest BCUT2D eigenvalue weighted by Crippen LogP contribution is -2.18. The zero-order chi connectivity index (χ0) is 14.7. The quantitative estimate of drug-likeness (QED) is 0.433. The number of hydrogen-bond acceptors (Lipinski definition) is 6. The highest BCUT2D eigenvalue weighted by atomic mass is 32.2. The van der Waals surface area contributed by atoms with E-state index in [4.69, 9.17) is 0 Å². The second kappa shape index (κ2) is 9.32. The van der Waals surface area contributed by atoms with Gasteiger partial charge in [0.15, 0.2) is 9.84 Å². The number of sulfone groups is 1. The normalized spacial score (nSPS) is 10.5. The molecule has 0 rings (SSSR count). The molecular weight excluding hydrogens is 272 g/mol. The van der Waals surface area contributed by atoms with Gasteiger partial charge in [-0.1, -0.05) is 25.3 Å². The van der Waals surface area contributed by atoms with Gasteiger partial charge in [-0.05, 0) is 0 Å². The topological polar surface area (TPSA) is 86.7 Å². The number of ether oxygens (including phenoxy) is 2. The molecule has 6 nitrogen and oxygen atoms in total. The summed E-state index contributed by atoms with van der Waals surface area (Å²) in [5, 5.41) is 0. The maximum absolute atomic E-state index is 11.5. The number of rotatable bonds is 10. The Labute approximate surface area is 113 Å². The summed E-state index contributed by atoms with van der Waals surface area (Å²) in [6.45, 7) is 6.82. The average molecular weight is 290 g/mol. The molecule has 0 bridgehead atoms. The highest BCUT2D eigenvalue weighted by Crippen LogP contribution is 2.00. The second-order valence-electron chi connectivity index (χ2n) is 3.60. The first-order valence-corrected chi connectivity index (χ1v) is 7.47. The maximum atomic E-state index is 11.5. The first-order chi connectivity index (χ1) is 8.91. The van der Waals surface area contributed by atoms with Gasteiger partial charge in [-0.25, -0.2) is 8.42 Å². The van der Waals surface area contributed by atoms with Crippen LogP contribution < -0.4 is 0 Å². The molecule has 0 aliphatic carbocycles. The molecule has 0 radical (unpaired) electrons. The van der Waals surface area contributed by atoms with Crippen molar-refractivity contribution < 1.29 is 27.5 Å². The SMILES string of the molecule is C=CCOC(=O)CCS(=O)(=O)CCC(=O)OCC=C. The smallest absolute Gasteiger partial charge is 0.307 e. The molecule has 0 aliphatic rings. The summed E-state index contributed by atoms with van der Waals surface area (Å²) in [6.07, 6.45) is 2.31. The van der Waals surface area contributed by atoms with Crippen LogP contribution in [0.5, 0.6) is 0 Å². The van der Waals surface area contributed by atoms with Gasteiger partial charge in [0.1, 0.15) is 13.2 Å². The van der Waals surface area contributed by atoms with Gasteiger partial charge in [-0.15, -0.1) is 0 Å². The van der Waals surface area contributed by atoms with Crippen molar-refractivity contribution in [2.45, 2.75) is 12.8 Å². The summed E-state index contributed by atoms with van der Waals surface area (Å²) in [6, 6.07) is 0. The van der Waals surface area contributed by atoms with E-state index in [0.717, 1.165) is 0 Å². The summed E-state index contributed by atoms with van der Waals surface area (Å²) in [5.74, 6) is -1.93. The van der Waals surface area contributed by atoms with E-state index in [1.54, 1.807) is 0 Å². The van der Waals surface area contributed by atoms with Crippen molar-refractivity contribution in [1.29, 1.82) is 0 Å². The lowest BCUT2D eigenvalue weighted by atomic mass is 10.5. The van der Waals surface area contributed by atoms with E-state index in [1.807, 2.05) is 0 Å². The van der Waals surface area contributed by atoms with Crippen LogP contribution in [-0.2, 0) is 28.9 Å². The van der Waals surface area contributed by atoms with Crippen LogP contribution in [0.2, 0.25) is 0 Å². The Bertz CT molecular complexity index is 390. The molecule has 19 heavy (non-hydrogen) atoms. The fourth-order valence-electron chi connectivity index (χ4n) is 1.03. The zero-order valence-corrected chi connectivity index (χ0v) is 11.5. The fourth-order valence-corrected chi connectivity index (χ4v) is 2.19. The van der Waals surface area contributed by atoms with Crippen LogP contribution in [0.25, 0.3) is 0 Å². The highest BCUT2D eigenvalue weighted by Gasteiger charge is 2.16. The van der Waals surface area contributed by atoms with Crippen molar-refractivity contribution in [3.63, 3.8) is 0 Å². The van der Waals surface area contributed by atoms with Crippen molar-refractivity contribution in [3.05, 3.63) is 25.3 Å². The third-order valence-corrected chi connectivity index (χ3v) is 3.61. The van der Waals surface area contributed by atoms with E-state index in [0.29, 0.717) is 0 Å². The third-order valence-electron chi connectivity index (χ3n) is 1.96. The molecular formula is C12H18O6S. The van der Waals surface area contributed by atoms with E-state index in [9.17, 15) is 18.0 Å². The molecule has 0 unspecified atom stereocenters. The molecule has 0 saturated heterocycles. The molecule has 0 spiro atoms. The van der Waals surface area contributed by atoms with Crippen LogP contribution in [0.1, 0.15) is 12.8 Å². The van der Waals surface area contributed by atoms with Crippen LogP contribution in [-0.4, -0.2) is 45.1 Å². The van der Waals surface area contributed by atoms with Gasteiger partial charge in [-0.3, -0.25) is 9.59 Å². The van der Waals surface area contributed by atoms with Crippen LogP contribution >= 0.6 is 0 Å². The predicted molar refractivity (Wildman–Crippen MR) is 70.2 cm³/mol. The van der Waals surface area contributed by atoms with Gasteiger partial charge < -0.3 is 9.47 Å². The standard InChI is InChI=1S/C12H18O6S/c1-3-7-17-11(13)5-9-19(15,16)10-6-12(14)18-8-4-2/h3-4H,1-2,5-10H2. The molecule has 0 fully saturated rings. The van der Waals surface area contributed by atoms with E-state index in [2.05, 4.69) is 22.6 Å². The van der Waals surface area contributed by atoms with Crippen LogP contribution in [0.15, 0.2) is 25.3 Å². The average Bonchev–Trinajstić information content (AvgIpc) is 2.38. The first-order valence-electron chi connectivity index (χ1n) is 5.64. The van der Waals surface area contributed by atoms with Crippen molar-refractivity contribution in [2.75, 3.05) is 24.7 Å². The lowest BCUT2D eigenvalue weighted by molar-refractivity contribution is -0.142. The minimum Gasteiger partial charge on any atom is -0.461 e. The minimum atomic E-state index is -3.48.